The molecule has 3 heterocycles. The molecule has 0 aliphatic carbocycles. The van der Waals surface area contributed by atoms with Gasteiger partial charge in [0.05, 0.1) is 13.7 Å². The summed E-state index contributed by atoms with van der Waals surface area (Å²) in [7, 11) is 1.65. The van der Waals surface area contributed by atoms with Crippen LogP contribution in [0.25, 0.3) is 5.65 Å². The van der Waals surface area contributed by atoms with E-state index in [1.54, 1.807) is 7.11 Å². The van der Waals surface area contributed by atoms with Crippen LogP contribution in [0, 0.1) is 0 Å². The third kappa shape index (κ3) is 1.76. The van der Waals surface area contributed by atoms with Crippen LogP contribution in [0.2, 0.25) is 0 Å². The first-order valence-electron chi connectivity index (χ1n) is 5.85. The average Bonchev–Trinajstić information content (AvgIpc) is 2.83. The highest BCUT2D eigenvalue weighted by Gasteiger charge is 2.22. The molecule has 0 aromatic carbocycles. The first kappa shape index (κ1) is 10.5. The molecule has 1 saturated heterocycles. The minimum absolute atomic E-state index is 0.339. The van der Waals surface area contributed by atoms with Gasteiger partial charge in [-0.15, -0.1) is 10.2 Å². The largest absolute Gasteiger partial charge is 0.493 e. The Labute approximate surface area is 99.4 Å². The van der Waals surface area contributed by atoms with E-state index < -0.39 is 0 Å². The highest BCUT2D eigenvalue weighted by atomic mass is 16.5. The second kappa shape index (κ2) is 4.33. The van der Waals surface area contributed by atoms with Crippen molar-refractivity contribution in [1.29, 1.82) is 0 Å². The highest BCUT2D eigenvalue weighted by molar-refractivity contribution is 5.53. The molecule has 0 amide bonds. The normalized spacial score (nSPS) is 20.6. The number of hydrogen-bond donors (Lipinski definition) is 0. The number of rotatable bonds is 2. The lowest BCUT2D eigenvalue weighted by atomic mass is 10.0. The zero-order valence-corrected chi connectivity index (χ0v) is 9.80. The van der Waals surface area contributed by atoms with E-state index in [1.807, 2.05) is 22.7 Å². The van der Waals surface area contributed by atoms with Crippen molar-refractivity contribution in [2.75, 3.05) is 20.3 Å². The number of aromatic nitrogens is 3. The number of hydrogen-bond acceptors (Lipinski definition) is 4. The molecule has 3 rings (SSSR count). The van der Waals surface area contributed by atoms with Gasteiger partial charge in [0.1, 0.15) is 5.82 Å². The molecule has 2 aromatic heterocycles. The summed E-state index contributed by atoms with van der Waals surface area (Å²) in [6, 6.07) is 3.84. The Morgan fingerprint density at radius 3 is 3.18 bits per heavy atom. The predicted octanol–water partition coefficient (Wildman–Crippen LogP) is 1.63. The average molecular weight is 233 g/mol. The van der Waals surface area contributed by atoms with E-state index in [0.29, 0.717) is 5.92 Å². The van der Waals surface area contributed by atoms with Gasteiger partial charge in [0, 0.05) is 18.7 Å². The fourth-order valence-corrected chi connectivity index (χ4v) is 2.29. The maximum Gasteiger partial charge on any atom is 0.203 e. The molecule has 0 bridgehead atoms. The summed E-state index contributed by atoms with van der Waals surface area (Å²) in [5.74, 6) is 2.06. The van der Waals surface area contributed by atoms with Crippen molar-refractivity contribution in [2.24, 2.45) is 0 Å². The van der Waals surface area contributed by atoms with Gasteiger partial charge in [-0.05, 0) is 25.0 Å². The molecule has 1 aliphatic rings. The molecule has 0 spiro atoms. The van der Waals surface area contributed by atoms with Gasteiger partial charge >= 0.3 is 0 Å². The van der Waals surface area contributed by atoms with Gasteiger partial charge in [0.2, 0.25) is 5.65 Å². The minimum atomic E-state index is 0.339. The van der Waals surface area contributed by atoms with Gasteiger partial charge in [0.25, 0.3) is 0 Å². The van der Waals surface area contributed by atoms with Crippen molar-refractivity contribution in [3.05, 3.63) is 24.2 Å². The molecule has 17 heavy (non-hydrogen) atoms. The lowest BCUT2D eigenvalue weighted by Gasteiger charge is -2.20. The highest BCUT2D eigenvalue weighted by Crippen LogP contribution is 2.26. The maximum absolute atomic E-state index is 5.50. The first-order valence-corrected chi connectivity index (χ1v) is 5.85. The Morgan fingerprint density at radius 2 is 2.41 bits per heavy atom. The number of nitrogens with zero attached hydrogens (tertiary/aromatic N) is 3. The topological polar surface area (TPSA) is 48.7 Å². The summed E-state index contributed by atoms with van der Waals surface area (Å²) >= 11 is 0. The SMILES string of the molecule is COc1cccn2c(C3CCCOC3)nnc12. The van der Waals surface area contributed by atoms with Crippen molar-refractivity contribution in [3.8, 4) is 5.75 Å². The van der Waals surface area contributed by atoms with Crippen LogP contribution in [0.3, 0.4) is 0 Å². The van der Waals surface area contributed by atoms with Gasteiger partial charge in [0.15, 0.2) is 5.75 Å². The van der Waals surface area contributed by atoms with Crippen molar-refractivity contribution in [3.63, 3.8) is 0 Å². The van der Waals surface area contributed by atoms with E-state index in [1.165, 1.54) is 0 Å². The molecule has 0 radical (unpaired) electrons. The van der Waals surface area contributed by atoms with Gasteiger partial charge in [-0.25, -0.2) is 0 Å². The quantitative estimate of drug-likeness (QED) is 0.791. The Morgan fingerprint density at radius 1 is 1.47 bits per heavy atom. The van der Waals surface area contributed by atoms with Crippen LogP contribution >= 0.6 is 0 Å². The summed E-state index contributed by atoms with van der Waals surface area (Å²) in [5, 5.41) is 8.48. The number of pyridine rings is 1. The number of fused-ring (bicyclic) bond motifs is 1. The summed E-state index contributed by atoms with van der Waals surface area (Å²) in [4.78, 5) is 0. The summed E-state index contributed by atoms with van der Waals surface area (Å²) in [5.41, 5.74) is 0.774. The van der Waals surface area contributed by atoms with Crippen LogP contribution in [0.15, 0.2) is 18.3 Å². The lowest BCUT2D eigenvalue weighted by Crippen LogP contribution is -2.17. The van der Waals surface area contributed by atoms with E-state index in [4.69, 9.17) is 9.47 Å². The van der Waals surface area contributed by atoms with E-state index in [9.17, 15) is 0 Å². The molecule has 1 aliphatic heterocycles. The molecule has 1 unspecified atom stereocenters. The Balaban J connectivity index is 2.05. The second-order valence-electron chi connectivity index (χ2n) is 4.24. The van der Waals surface area contributed by atoms with Crippen LogP contribution in [0.1, 0.15) is 24.6 Å². The van der Waals surface area contributed by atoms with E-state index in [-0.39, 0.29) is 0 Å². The van der Waals surface area contributed by atoms with Crippen LogP contribution in [0.5, 0.6) is 5.75 Å². The molecule has 1 atom stereocenters. The molecule has 5 heteroatoms. The van der Waals surface area contributed by atoms with E-state index in [0.717, 1.165) is 43.3 Å². The summed E-state index contributed by atoms with van der Waals surface area (Å²) in [6.45, 7) is 1.59. The first-order chi connectivity index (χ1) is 8.40. The summed E-state index contributed by atoms with van der Waals surface area (Å²) in [6.07, 6.45) is 4.17. The fraction of sp³-hybridized carbons (Fsp3) is 0.500. The fourth-order valence-electron chi connectivity index (χ4n) is 2.29. The van der Waals surface area contributed by atoms with Crippen LogP contribution in [-0.4, -0.2) is 34.9 Å². The third-order valence-corrected chi connectivity index (χ3v) is 3.17. The van der Waals surface area contributed by atoms with Crippen molar-refractivity contribution >= 4 is 5.65 Å². The van der Waals surface area contributed by atoms with Gasteiger partial charge in [-0.1, -0.05) is 0 Å². The lowest BCUT2D eigenvalue weighted by molar-refractivity contribution is 0.0777. The van der Waals surface area contributed by atoms with E-state index >= 15 is 0 Å². The molecular weight excluding hydrogens is 218 g/mol. The molecule has 2 aromatic rings. The second-order valence-corrected chi connectivity index (χ2v) is 4.24. The molecule has 0 N–H and O–H groups in total. The van der Waals surface area contributed by atoms with Crippen molar-refractivity contribution in [1.82, 2.24) is 14.6 Å². The minimum Gasteiger partial charge on any atom is -0.493 e. The van der Waals surface area contributed by atoms with Gasteiger partial charge in [-0.3, -0.25) is 4.40 Å². The molecule has 0 saturated carbocycles. The standard InChI is InChI=1S/C12H15N3O2/c1-16-10-5-2-6-15-11(13-14-12(10)15)9-4-3-7-17-8-9/h2,5-6,9H,3-4,7-8H2,1H3. The third-order valence-electron chi connectivity index (χ3n) is 3.17. The van der Waals surface area contributed by atoms with Crippen LogP contribution < -0.4 is 4.74 Å². The van der Waals surface area contributed by atoms with Crippen molar-refractivity contribution < 1.29 is 9.47 Å². The molecule has 90 valence electrons. The Bertz CT molecular complexity index is 517. The Kier molecular flexibility index (Phi) is 2.68. The Hall–Kier alpha value is -1.62. The van der Waals surface area contributed by atoms with Crippen LogP contribution in [-0.2, 0) is 4.74 Å². The van der Waals surface area contributed by atoms with Crippen LogP contribution in [0.4, 0.5) is 0 Å². The van der Waals surface area contributed by atoms with Gasteiger partial charge in [-0.2, -0.15) is 0 Å². The molecular formula is C12H15N3O2. The monoisotopic (exact) mass is 233 g/mol. The predicted molar refractivity (Wildman–Crippen MR) is 62.3 cm³/mol. The van der Waals surface area contributed by atoms with Crippen molar-refractivity contribution in [2.45, 2.75) is 18.8 Å². The maximum atomic E-state index is 5.50. The number of methoxy groups -OCH3 is 1. The van der Waals surface area contributed by atoms with E-state index in [2.05, 4.69) is 10.2 Å². The number of ether oxygens (including phenoxy) is 2. The van der Waals surface area contributed by atoms with Gasteiger partial charge < -0.3 is 9.47 Å². The summed E-state index contributed by atoms with van der Waals surface area (Å²) < 4.78 is 12.8. The zero-order chi connectivity index (χ0) is 11.7. The smallest absolute Gasteiger partial charge is 0.203 e. The molecule has 5 nitrogen and oxygen atoms in total. The molecule has 1 fully saturated rings. The zero-order valence-electron chi connectivity index (χ0n) is 9.80.